The predicted molar refractivity (Wildman–Crippen MR) is 105 cm³/mol. The van der Waals surface area contributed by atoms with Gasteiger partial charge in [0.1, 0.15) is 5.75 Å². The Morgan fingerprint density at radius 3 is 2.23 bits per heavy atom. The van der Waals surface area contributed by atoms with Crippen molar-refractivity contribution in [1.82, 2.24) is 9.80 Å². The highest BCUT2D eigenvalue weighted by molar-refractivity contribution is 5.78. The second-order valence-corrected chi connectivity index (χ2v) is 6.97. The molecule has 0 saturated carbocycles. The summed E-state index contributed by atoms with van der Waals surface area (Å²) < 4.78 is 5.81. The van der Waals surface area contributed by atoms with Crippen LogP contribution in [0.5, 0.6) is 5.75 Å². The fourth-order valence-corrected chi connectivity index (χ4v) is 3.40. The molecule has 2 aromatic carbocycles. The highest BCUT2D eigenvalue weighted by Gasteiger charge is 2.21. The van der Waals surface area contributed by atoms with Crippen LogP contribution in [0.25, 0.3) is 0 Å². The van der Waals surface area contributed by atoms with Crippen LogP contribution < -0.4 is 4.74 Å². The number of ether oxygens (including phenoxy) is 1. The third-order valence-corrected chi connectivity index (χ3v) is 5.03. The van der Waals surface area contributed by atoms with Crippen molar-refractivity contribution in [2.45, 2.75) is 20.3 Å². The Bertz CT molecular complexity index is 702. The van der Waals surface area contributed by atoms with E-state index in [0.717, 1.165) is 56.0 Å². The number of hydrogen-bond acceptors (Lipinski definition) is 3. The SMILES string of the molecule is Cc1cccc(C)c1OCC(=O)N1CCN(CCc2ccccc2)CC1. The number of amides is 1. The van der Waals surface area contributed by atoms with E-state index >= 15 is 0 Å². The molecule has 1 saturated heterocycles. The molecule has 138 valence electrons. The van der Waals surface area contributed by atoms with Crippen molar-refractivity contribution in [1.29, 1.82) is 0 Å². The number of carbonyl (C=O) groups is 1. The van der Waals surface area contributed by atoms with Crippen LogP contribution in [-0.2, 0) is 11.2 Å². The molecule has 0 bridgehead atoms. The molecule has 0 spiro atoms. The van der Waals surface area contributed by atoms with Gasteiger partial charge in [-0.1, -0.05) is 48.5 Å². The van der Waals surface area contributed by atoms with Gasteiger partial charge >= 0.3 is 0 Å². The van der Waals surface area contributed by atoms with Crippen molar-refractivity contribution in [2.24, 2.45) is 0 Å². The van der Waals surface area contributed by atoms with Crippen molar-refractivity contribution in [3.05, 3.63) is 65.2 Å². The number of hydrogen-bond donors (Lipinski definition) is 0. The summed E-state index contributed by atoms with van der Waals surface area (Å²) in [6.07, 6.45) is 1.06. The molecule has 4 nitrogen and oxygen atoms in total. The van der Waals surface area contributed by atoms with Crippen LogP contribution in [0.15, 0.2) is 48.5 Å². The van der Waals surface area contributed by atoms with E-state index < -0.39 is 0 Å². The molecule has 1 aliphatic rings. The molecule has 0 aromatic heterocycles. The lowest BCUT2D eigenvalue weighted by molar-refractivity contribution is -0.135. The Hall–Kier alpha value is -2.33. The lowest BCUT2D eigenvalue weighted by Crippen LogP contribution is -2.50. The Morgan fingerprint density at radius 2 is 1.58 bits per heavy atom. The Balaban J connectivity index is 1.42. The van der Waals surface area contributed by atoms with Gasteiger partial charge in [0.15, 0.2) is 6.61 Å². The number of nitrogens with zero attached hydrogens (tertiary/aromatic N) is 2. The molecule has 0 aliphatic carbocycles. The maximum atomic E-state index is 12.5. The minimum atomic E-state index is 0.0790. The monoisotopic (exact) mass is 352 g/mol. The summed E-state index contributed by atoms with van der Waals surface area (Å²) in [5.74, 6) is 0.915. The molecule has 4 heteroatoms. The quantitative estimate of drug-likeness (QED) is 0.801. The van der Waals surface area contributed by atoms with Gasteiger partial charge in [-0.05, 0) is 37.0 Å². The van der Waals surface area contributed by atoms with Crippen molar-refractivity contribution < 1.29 is 9.53 Å². The first-order chi connectivity index (χ1) is 12.6. The summed E-state index contributed by atoms with van der Waals surface area (Å²) in [5, 5.41) is 0. The normalized spacial score (nSPS) is 15.1. The van der Waals surface area contributed by atoms with E-state index in [2.05, 4.69) is 29.2 Å². The third kappa shape index (κ3) is 4.85. The first-order valence-electron chi connectivity index (χ1n) is 9.36. The second-order valence-electron chi connectivity index (χ2n) is 6.97. The molecule has 26 heavy (non-hydrogen) atoms. The highest BCUT2D eigenvalue weighted by Crippen LogP contribution is 2.22. The van der Waals surface area contributed by atoms with E-state index in [1.54, 1.807) is 0 Å². The molecular formula is C22H28N2O2. The van der Waals surface area contributed by atoms with Gasteiger partial charge in [-0.15, -0.1) is 0 Å². The van der Waals surface area contributed by atoms with Gasteiger partial charge in [-0.25, -0.2) is 0 Å². The summed E-state index contributed by atoms with van der Waals surface area (Å²) in [6, 6.07) is 16.6. The maximum absolute atomic E-state index is 12.5. The van der Waals surface area contributed by atoms with Crippen LogP contribution in [0, 0.1) is 13.8 Å². The zero-order chi connectivity index (χ0) is 18.4. The molecule has 1 aliphatic heterocycles. The average Bonchev–Trinajstić information content (AvgIpc) is 2.67. The molecule has 1 fully saturated rings. The smallest absolute Gasteiger partial charge is 0.260 e. The standard InChI is InChI=1S/C22H28N2O2/c1-18-7-6-8-19(2)22(18)26-17-21(25)24-15-13-23(14-16-24)12-11-20-9-4-3-5-10-20/h3-10H,11-17H2,1-2H3. The van der Waals surface area contributed by atoms with Crippen molar-refractivity contribution in [3.8, 4) is 5.75 Å². The molecule has 1 amide bonds. The summed E-state index contributed by atoms with van der Waals surface area (Å²) in [5.41, 5.74) is 3.51. The fraction of sp³-hybridized carbons (Fsp3) is 0.409. The first-order valence-corrected chi connectivity index (χ1v) is 9.36. The van der Waals surface area contributed by atoms with Gasteiger partial charge in [0.25, 0.3) is 5.91 Å². The zero-order valence-electron chi connectivity index (χ0n) is 15.8. The van der Waals surface area contributed by atoms with Crippen molar-refractivity contribution in [2.75, 3.05) is 39.3 Å². The summed E-state index contributed by atoms with van der Waals surface area (Å²) in [4.78, 5) is 16.8. The minimum Gasteiger partial charge on any atom is -0.483 e. The number of aryl methyl sites for hydroxylation is 2. The predicted octanol–water partition coefficient (Wildman–Crippen LogP) is 3.07. The van der Waals surface area contributed by atoms with Crippen molar-refractivity contribution >= 4 is 5.91 Å². The molecular weight excluding hydrogens is 324 g/mol. The number of para-hydroxylation sites is 1. The zero-order valence-corrected chi connectivity index (χ0v) is 15.8. The molecule has 0 radical (unpaired) electrons. The first kappa shape index (κ1) is 18.5. The molecule has 0 N–H and O–H groups in total. The summed E-state index contributed by atoms with van der Waals surface area (Å²) >= 11 is 0. The van der Waals surface area contributed by atoms with E-state index in [9.17, 15) is 4.79 Å². The number of benzene rings is 2. The molecule has 0 unspecified atom stereocenters. The van der Waals surface area contributed by atoms with E-state index in [1.165, 1.54) is 5.56 Å². The summed E-state index contributed by atoms with van der Waals surface area (Å²) in [7, 11) is 0. The molecule has 3 rings (SSSR count). The van der Waals surface area contributed by atoms with Crippen LogP contribution >= 0.6 is 0 Å². The fourth-order valence-electron chi connectivity index (χ4n) is 3.40. The molecule has 2 aromatic rings. The van der Waals surface area contributed by atoms with Crippen LogP contribution in [0.4, 0.5) is 0 Å². The van der Waals surface area contributed by atoms with Crippen LogP contribution in [0.1, 0.15) is 16.7 Å². The van der Waals surface area contributed by atoms with E-state index in [0.29, 0.717) is 0 Å². The van der Waals surface area contributed by atoms with Gasteiger partial charge in [0.2, 0.25) is 0 Å². The van der Waals surface area contributed by atoms with Crippen LogP contribution in [0.3, 0.4) is 0 Å². The average molecular weight is 352 g/mol. The number of carbonyl (C=O) groups excluding carboxylic acids is 1. The lowest BCUT2D eigenvalue weighted by Gasteiger charge is -2.34. The lowest BCUT2D eigenvalue weighted by atomic mass is 10.1. The van der Waals surface area contributed by atoms with Gasteiger partial charge in [-0.2, -0.15) is 0 Å². The van der Waals surface area contributed by atoms with Gasteiger partial charge in [0.05, 0.1) is 0 Å². The molecule has 0 atom stereocenters. The van der Waals surface area contributed by atoms with E-state index in [1.807, 2.05) is 43.0 Å². The van der Waals surface area contributed by atoms with Gasteiger partial charge in [0, 0.05) is 32.7 Å². The number of piperazine rings is 1. The van der Waals surface area contributed by atoms with Crippen molar-refractivity contribution in [3.63, 3.8) is 0 Å². The third-order valence-electron chi connectivity index (χ3n) is 5.03. The maximum Gasteiger partial charge on any atom is 0.260 e. The van der Waals surface area contributed by atoms with E-state index in [4.69, 9.17) is 4.74 Å². The minimum absolute atomic E-state index is 0.0790. The van der Waals surface area contributed by atoms with E-state index in [-0.39, 0.29) is 12.5 Å². The topological polar surface area (TPSA) is 32.8 Å². The Kier molecular flexibility index (Phi) is 6.29. The highest BCUT2D eigenvalue weighted by atomic mass is 16.5. The summed E-state index contributed by atoms with van der Waals surface area (Å²) in [6.45, 7) is 8.62. The van der Waals surface area contributed by atoms with Gasteiger partial charge < -0.3 is 9.64 Å². The molecule has 1 heterocycles. The van der Waals surface area contributed by atoms with Crippen LogP contribution in [0.2, 0.25) is 0 Å². The second kappa shape index (κ2) is 8.86. The van der Waals surface area contributed by atoms with Crippen LogP contribution in [-0.4, -0.2) is 55.0 Å². The Morgan fingerprint density at radius 1 is 0.923 bits per heavy atom. The van der Waals surface area contributed by atoms with Gasteiger partial charge in [-0.3, -0.25) is 9.69 Å². The largest absolute Gasteiger partial charge is 0.483 e. The number of rotatable bonds is 6. The Labute approximate surface area is 156 Å².